The molecule has 0 aliphatic heterocycles. The molecule has 0 saturated heterocycles. The van der Waals surface area contributed by atoms with Gasteiger partial charge in [0, 0.05) is 34.8 Å². The first-order valence-corrected chi connectivity index (χ1v) is 9.67. The van der Waals surface area contributed by atoms with E-state index in [1.807, 2.05) is 30.5 Å². The molecule has 0 radical (unpaired) electrons. The maximum atomic E-state index is 13.0. The number of H-pyrrole nitrogens is 1. The third-order valence-electron chi connectivity index (χ3n) is 4.43. The number of alkyl carbamates (subject to hydrolysis) is 1. The maximum absolute atomic E-state index is 13.0. The topological polar surface area (TPSA) is 83.2 Å². The minimum absolute atomic E-state index is 0.303. The summed E-state index contributed by atoms with van der Waals surface area (Å²) in [6.07, 6.45) is 6.88. The molecule has 1 aromatic heterocycles. The van der Waals surface area contributed by atoms with Gasteiger partial charge in [-0.15, -0.1) is 6.42 Å². The Balaban J connectivity index is 1.81. The summed E-state index contributed by atoms with van der Waals surface area (Å²) < 4.78 is 5.35. The molecule has 3 aromatic rings. The molecule has 0 unspecified atom stereocenters. The maximum Gasteiger partial charge on any atom is 0.408 e. The summed E-state index contributed by atoms with van der Waals surface area (Å²) in [6, 6.07) is 13.9. The lowest BCUT2D eigenvalue weighted by atomic mass is 10.0. The van der Waals surface area contributed by atoms with Crippen LogP contribution >= 0.6 is 0 Å². The Bertz CT molecular complexity index is 1090. The van der Waals surface area contributed by atoms with Crippen LogP contribution in [-0.2, 0) is 16.0 Å². The van der Waals surface area contributed by atoms with Crippen molar-refractivity contribution in [2.45, 2.75) is 38.8 Å². The van der Waals surface area contributed by atoms with Gasteiger partial charge >= 0.3 is 6.09 Å². The van der Waals surface area contributed by atoms with Crippen molar-refractivity contribution in [3.8, 4) is 12.3 Å². The Morgan fingerprint density at radius 3 is 2.50 bits per heavy atom. The minimum atomic E-state index is -0.827. The van der Waals surface area contributed by atoms with Gasteiger partial charge < -0.3 is 20.4 Å². The second-order valence-corrected chi connectivity index (χ2v) is 7.97. The number of benzene rings is 2. The van der Waals surface area contributed by atoms with E-state index in [-0.39, 0.29) is 5.91 Å². The van der Waals surface area contributed by atoms with Crippen LogP contribution in [0.1, 0.15) is 31.9 Å². The van der Waals surface area contributed by atoms with Crippen LogP contribution in [0.25, 0.3) is 10.9 Å². The van der Waals surface area contributed by atoms with Crippen molar-refractivity contribution in [3.05, 3.63) is 65.9 Å². The van der Waals surface area contributed by atoms with Crippen LogP contribution in [0.2, 0.25) is 0 Å². The number of hydrogen-bond acceptors (Lipinski definition) is 3. The summed E-state index contributed by atoms with van der Waals surface area (Å²) in [5, 5.41) is 6.53. The molecule has 30 heavy (non-hydrogen) atoms. The molecule has 6 nitrogen and oxygen atoms in total. The van der Waals surface area contributed by atoms with E-state index in [1.165, 1.54) is 0 Å². The van der Waals surface area contributed by atoms with Gasteiger partial charge in [-0.05, 0) is 56.7 Å². The zero-order valence-electron chi connectivity index (χ0n) is 17.3. The number of carbonyl (C=O) groups excluding carboxylic acids is 2. The molecule has 3 rings (SSSR count). The van der Waals surface area contributed by atoms with Crippen molar-refractivity contribution < 1.29 is 14.3 Å². The zero-order valence-corrected chi connectivity index (χ0v) is 17.3. The summed E-state index contributed by atoms with van der Waals surface area (Å²) in [5.41, 5.74) is 2.53. The number of ether oxygens (including phenoxy) is 1. The number of para-hydroxylation sites is 1. The molecule has 0 aliphatic rings. The van der Waals surface area contributed by atoms with Crippen LogP contribution in [0.5, 0.6) is 0 Å². The van der Waals surface area contributed by atoms with Crippen molar-refractivity contribution in [2.75, 3.05) is 5.32 Å². The number of anilines is 1. The number of carbonyl (C=O) groups is 2. The Morgan fingerprint density at radius 1 is 1.13 bits per heavy atom. The number of rotatable bonds is 5. The summed E-state index contributed by atoms with van der Waals surface area (Å²) in [5.74, 6) is 2.19. The highest BCUT2D eigenvalue weighted by atomic mass is 16.6. The van der Waals surface area contributed by atoms with Gasteiger partial charge in [-0.25, -0.2) is 4.79 Å². The molecule has 0 bridgehead atoms. The van der Waals surface area contributed by atoms with Crippen molar-refractivity contribution in [1.82, 2.24) is 10.3 Å². The summed E-state index contributed by atoms with van der Waals surface area (Å²) in [4.78, 5) is 28.5. The lowest BCUT2D eigenvalue weighted by molar-refractivity contribution is -0.118. The molecule has 0 saturated carbocycles. The van der Waals surface area contributed by atoms with E-state index in [4.69, 9.17) is 11.2 Å². The van der Waals surface area contributed by atoms with Gasteiger partial charge in [0.15, 0.2) is 0 Å². The lowest BCUT2D eigenvalue weighted by Crippen LogP contribution is -2.47. The molecule has 1 atom stereocenters. The fourth-order valence-electron chi connectivity index (χ4n) is 3.06. The Labute approximate surface area is 176 Å². The van der Waals surface area contributed by atoms with Gasteiger partial charge in [0.1, 0.15) is 11.6 Å². The molecule has 0 spiro atoms. The van der Waals surface area contributed by atoms with Gasteiger partial charge in [-0.3, -0.25) is 4.79 Å². The van der Waals surface area contributed by atoms with Crippen molar-refractivity contribution >= 4 is 28.6 Å². The predicted molar refractivity (Wildman–Crippen MR) is 118 cm³/mol. The normalized spacial score (nSPS) is 12.1. The first kappa shape index (κ1) is 21.0. The second kappa shape index (κ2) is 8.75. The molecule has 0 aliphatic carbocycles. The van der Waals surface area contributed by atoms with E-state index in [0.29, 0.717) is 12.1 Å². The highest BCUT2D eigenvalue weighted by Crippen LogP contribution is 2.20. The van der Waals surface area contributed by atoms with E-state index < -0.39 is 17.7 Å². The molecule has 3 N–H and O–H groups in total. The summed E-state index contributed by atoms with van der Waals surface area (Å²) >= 11 is 0. The second-order valence-electron chi connectivity index (χ2n) is 7.97. The Morgan fingerprint density at radius 2 is 1.83 bits per heavy atom. The molecular formula is C24H25N3O3. The average molecular weight is 403 g/mol. The fourth-order valence-corrected chi connectivity index (χ4v) is 3.06. The van der Waals surface area contributed by atoms with Crippen molar-refractivity contribution in [2.24, 2.45) is 0 Å². The van der Waals surface area contributed by atoms with Gasteiger partial charge in [-0.2, -0.15) is 0 Å². The van der Waals surface area contributed by atoms with Gasteiger partial charge in [0.2, 0.25) is 5.91 Å². The van der Waals surface area contributed by atoms with Crippen molar-refractivity contribution in [3.63, 3.8) is 0 Å². The molecule has 2 aromatic carbocycles. The van der Waals surface area contributed by atoms with Crippen LogP contribution in [0.3, 0.4) is 0 Å². The van der Waals surface area contributed by atoms with Gasteiger partial charge in [-0.1, -0.05) is 24.1 Å². The number of terminal acetylenes is 1. The van der Waals surface area contributed by atoms with Crippen LogP contribution in [0, 0.1) is 12.3 Å². The highest BCUT2D eigenvalue weighted by Gasteiger charge is 2.25. The summed E-state index contributed by atoms with van der Waals surface area (Å²) in [6.45, 7) is 5.32. The highest BCUT2D eigenvalue weighted by molar-refractivity contribution is 5.97. The minimum Gasteiger partial charge on any atom is -0.444 e. The largest absolute Gasteiger partial charge is 0.444 e. The Hall–Kier alpha value is -3.72. The standard InChI is InChI=1S/C24H25N3O3/c1-5-16-10-12-18(13-11-16)26-22(28)21(27-23(29)30-24(2,3)4)14-17-15-25-20-9-7-6-8-19(17)20/h1,6-13,15,21,25H,14H2,2-4H3,(H,26,28)(H,27,29)/t21-/m0/s1. The molecule has 1 heterocycles. The van der Waals surface area contributed by atoms with E-state index in [2.05, 4.69) is 21.5 Å². The van der Waals surface area contributed by atoms with Gasteiger partial charge in [0.25, 0.3) is 0 Å². The molecule has 6 heteroatoms. The molecular weight excluding hydrogens is 378 g/mol. The number of aromatic nitrogens is 1. The third-order valence-corrected chi connectivity index (χ3v) is 4.43. The van der Waals surface area contributed by atoms with Crippen LogP contribution in [0.15, 0.2) is 54.7 Å². The Kier molecular flexibility index (Phi) is 6.12. The molecule has 0 fully saturated rings. The number of amides is 2. The quantitative estimate of drug-likeness (QED) is 0.558. The van der Waals surface area contributed by atoms with E-state index in [1.54, 1.807) is 45.0 Å². The van der Waals surface area contributed by atoms with E-state index in [9.17, 15) is 9.59 Å². The zero-order chi connectivity index (χ0) is 21.7. The van der Waals surface area contributed by atoms with Crippen LogP contribution in [-0.4, -0.2) is 28.6 Å². The summed E-state index contributed by atoms with van der Waals surface area (Å²) in [7, 11) is 0. The smallest absolute Gasteiger partial charge is 0.408 e. The van der Waals surface area contributed by atoms with E-state index >= 15 is 0 Å². The monoisotopic (exact) mass is 403 g/mol. The van der Waals surface area contributed by atoms with Crippen LogP contribution < -0.4 is 10.6 Å². The van der Waals surface area contributed by atoms with Crippen molar-refractivity contribution in [1.29, 1.82) is 0 Å². The van der Waals surface area contributed by atoms with Crippen LogP contribution in [0.4, 0.5) is 10.5 Å². The average Bonchev–Trinajstić information content (AvgIpc) is 3.09. The fraction of sp³-hybridized carbons (Fsp3) is 0.250. The first-order chi connectivity index (χ1) is 14.2. The number of aromatic amines is 1. The van der Waals surface area contributed by atoms with Gasteiger partial charge in [0.05, 0.1) is 0 Å². The molecule has 154 valence electrons. The predicted octanol–water partition coefficient (Wildman–Crippen LogP) is 4.22. The number of hydrogen-bond donors (Lipinski definition) is 3. The third kappa shape index (κ3) is 5.42. The number of nitrogens with one attached hydrogen (secondary N) is 3. The molecule has 2 amide bonds. The lowest BCUT2D eigenvalue weighted by Gasteiger charge is -2.23. The number of fused-ring (bicyclic) bond motifs is 1. The van der Waals surface area contributed by atoms with E-state index in [0.717, 1.165) is 22.0 Å². The first-order valence-electron chi connectivity index (χ1n) is 9.67. The SMILES string of the molecule is C#Cc1ccc(NC(=O)[C@H](Cc2c[nH]c3ccccc23)NC(=O)OC(C)(C)C)cc1.